The van der Waals surface area contributed by atoms with Gasteiger partial charge in [-0.2, -0.15) is 0 Å². The van der Waals surface area contributed by atoms with Gasteiger partial charge in [0.2, 0.25) is 0 Å². The maximum Gasteiger partial charge on any atom is 0.319 e. The Balaban J connectivity index is 1.61. The zero-order valence-corrected chi connectivity index (χ0v) is 16.3. The number of carbonyl (C=O) groups is 1. The van der Waals surface area contributed by atoms with Gasteiger partial charge >= 0.3 is 6.03 Å². The molecule has 0 spiro atoms. The third-order valence-electron chi connectivity index (χ3n) is 4.02. The van der Waals surface area contributed by atoms with Crippen molar-refractivity contribution in [1.82, 2.24) is 10.3 Å². The largest absolute Gasteiger partial charge is 0.334 e. The van der Waals surface area contributed by atoms with Gasteiger partial charge in [0.1, 0.15) is 5.82 Å². The summed E-state index contributed by atoms with van der Waals surface area (Å²) < 4.78 is 40.8. The number of sulfonamides is 1. The van der Waals surface area contributed by atoms with Crippen molar-refractivity contribution in [1.29, 1.82) is 0 Å². The standard InChI is InChI=1S/C20H19FN4O3S/c1-14-4-5-17(11-19(14)21)25-29(27,28)18-8-6-16(7-9-18)24-20(26)23-13-15-3-2-10-22-12-15/h2-12,25H,13H2,1H3,(H2,23,24,26). The molecule has 0 aliphatic heterocycles. The van der Waals surface area contributed by atoms with Gasteiger partial charge in [-0.15, -0.1) is 0 Å². The molecule has 3 aromatic rings. The molecule has 0 bridgehead atoms. The van der Waals surface area contributed by atoms with Crippen LogP contribution in [0.4, 0.5) is 20.6 Å². The molecule has 0 saturated heterocycles. The number of nitrogens with one attached hydrogen (secondary N) is 3. The number of halogens is 1. The lowest BCUT2D eigenvalue weighted by molar-refractivity contribution is 0.251. The van der Waals surface area contributed by atoms with E-state index in [4.69, 9.17) is 0 Å². The summed E-state index contributed by atoms with van der Waals surface area (Å²) in [5.41, 5.74) is 1.83. The summed E-state index contributed by atoms with van der Waals surface area (Å²) in [5.74, 6) is -0.498. The van der Waals surface area contributed by atoms with Crippen molar-refractivity contribution in [3.63, 3.8) is 0 Å². The van der Waals surface area contributed by atoms with E-state index in [0.29, 0.717) is 17.8 Å². The fourth-order valence-corrected chi connectivity index (χ4v) is 3.50. The summed E-state index contributed by atoms with van der Waals surface area (Å²) in [5, 5.41) is 5.30. The lowest BCUT2D eigenvalue weighted by Gasteiger charge is -2.10. The van der Waals surface area contributed by atoms with Crippen LogP contribution in [0.1, 0.15) is 11.1 Å². The second kappa shape index (κ2) is 8.70. The minimum absolute atomic E-state index is 0.0141. The van der Waals surface area contributed by atoms with Gasteiger partial charge in [-0.1, -0.05) is 12.1 Å². The van der Waals surface area contributed by atoms with Gasteiger partial charge in [0.25, 0.3) is 10.0 Å². The minimum Gasteiger partial charge on any atom is -0.334 e. The van der Waals surface area contributed by atoms with Crippen molar-refractivity contribution >= 4 is 27.4 Å². The number of amides is 2. The van der Waals surface area contributed by atoms with Crippen LogP contribution in [0, 0.1) is 12.7 Å². The van der Waals surface area contributed by atoms with Crippen LogP contribution in [-0.2, 0) is 16.6 Å². The second-order valence-electron chi connectivity index (χ2n) is 6.26. The quantitative estimate of drug-likeness (QED) is 0.573. The van der Waals surface area contributed by atoms with E-state index in [9.17, 15) is 17.6 Å². The van der Waals surface area contributed by atoms with Gasteiger partial charge in [-0.3, -0.25) is 9.71 Å². The molecule has 2 amide bonds. The molecule has 1 heterocycles. The van der Waals surface area contributed by atoms with Crippen molar-refractivity contribution in [2.45, 2.75) is 18.4 Å². The number of rotatable bonds is 6. The molecule has 0 atom stereocenters. The van der Waals surface area contributed by atoms with E-state index >= 15 is 0 Å². The zero-order chi connectivity index (χ0) is 20.9. The number of carbonyl (C=O) groups excluding carboxylic acids is 1. The fourth-order valence-electron chi connectivity index (χ4n) is 2.45. The average Bonchev–Trinajstić information content (AvgIpc) is 2.70. The average molecular weight is 414 g/mol. The predicted octanol–water partition coefficient (Wildman–Crippen LogP) is 3.65. The normalized spacial score (nSPS) is 11.0. The van der Waals surface area contributed by atoms with Crippen LogP contribution in [0.3, 0.4) is 0 Å². The molecule has 0 aliphatic carbocycles. The highest BCUT2D eigenvalue weighted by Gasteiger charge is 2.15. The third kappa shape index (κ3) is 5.52. The van der Waals surface area contributed by atoms with E-state index in [2.05, 4.69) is 20.3 Å². The van der Waals surface area contributed by atoms with Crippen molar-refractivity contribution in [3.8, 4) is 0 Å². The number of anilines is 2. The maximum absolute atomic E-state index is 13.6. The highest BCUT2D eigenvalue weighted by atomic mass is 32.2. The first-order chi connectivity index (χ1) is 13.8. The number of hydrogen-bond acceptors (Lipinski definition) is 4. The van der Waals surface area contributed by atoms with Gasteiger partial charge < -0.3 is 10.6 Å². The molecule has 0 aliphatic rings. The minimum atomic E-state index is -3.89. The Labute approximate surface area is 168 Å². The molecule has 29 heavy (non-hydrogen) atoms. The van der Waals surface area contributed by atoms with E-state index in [0.717, 1.165) is 11.6 Å². The molecule has 0 fully saturated rings. The molecular formula is C20H19FN4O3S. The van der Waals surface area contributed by atoms with E-state index in [-0.39, 0.29) is 10.6 Å². The number of pyridine rings is 1. The molecule has 1 aromatic heterocycles. The Morgan fingerprint density at radius 2 is 1.79 bits per heavy atom. The van der Waals surface area contributed by atoms with Crippen molar-refractivity contribution < 1.29 is 17.6 Å². The first-order valence-corrected chi connectivity index (χ1v) is 10.1. The number of urea groups is 1. The highest BCUT2D eigenvalue weighted by Crippen LogP contribution is 2.20. The molecular weight excluding hydrogens is 395 g/mol. The lowest BCUT2D eigenvalue weighted by atomic mass is 10.2. The van der Waals surface area contributed by atoms with Crippen LogP contribution >= 0.6 is 0 Å². The number of benzene rings is 2. The lowest BCUT2D eigenvalue weighted by Crippen LogP contribution is -2.28. The van der Waals surface area contributed by atoms with E-state index in [1.54, 1.807) is 25.4 Å². The molecule has 150 valence electrons. The molecule has 2 aromatic carbocycles. The van der Waals surface area contributed by atoms with Gasteiger partial charge in [0, 0.05) is 24.6 Å². The van der Waals surface area contributed by atoms with Gasteiger partial charge in [-0.25, -0.2) is 17.6 Å². The molecule has 0 unspecified atom stereocenters. The predicted molar refractivity (Wildman–Crippen MR) is 108 cm³/mol. The highest BCUT2D eigenvalue weighted by molar-refractivity contribution is 7.92. The van der Waals surface area contributed by atoms with Crippen LogP contribution in [0.5, 0.6) is 0 Å². The van der Waals surface area contributed by atoms with Crippen LogP contribution in [-0.4, -0.2) is 19.4 Å². The SMILES string of the molecule is Cc1ccc(NS(=O)(=O)c2ccc(NC(=O)NCc3cccnc3)cc2)cc1F. The summed E-state index contributed by atoms with van der Waals surface area (Å²) in [6.07, 6.45) is 3.29. The summed E-state index contributed by atoms with van der Waals surface area (Å²) in [7, 11) is -3.89. The number of nitrogens with zero attached hydrogens (tertiary/aromatic N) is 1. The Hall–Kier alpha value is -3.46. The third-order valence-corrected chi connectivity index (χ3v) is 5.42. The molecule has 7 nitrogen and oxygen atoms in total. The smallest absolute Gasteiger partial charge is 0.319 e. The van der Waals surface area contributed by atoms with Crippen LogP contribution in [0.25, 0.3) is 0 Å². The van der Waals surface area contributed by atoms with E-state index < -0.39 is 21.9 Å². The zero-order valence-electron chi connectivity index (χ0n) is 15.5. The maximum atomic E-state index is 13.6. The fraction of sp³-hybridized carbons (Fsp3) is 0.100. The number of hydrogen-bond donors (Lipinski definition) is 3. The van der Waals surface area contributed by atoms with Crippen molar-refractivity contribution in [3.05, 3.63) is 83.9 Å². The Kier molecular flexibility index (Phi) is 6.08. The topological polar surface area (TPSA) is 100 Å². The molecule has 3 N–H and O–H groups in total. The first kappa shape index (κ1) is 20.3. The summed E-state index contributed by atoms with van der Waals surface area (Å²) in [6.45, 7) is 1.90. The number of aryl methyl sites for hydroxylation is 1. The monoisotopic (exact) mass is 414 g/mol. The van der Waals surface area contributed by atoms with Gasteiger partial charge in [-0.05, 0) is 60.5 Å². The van der Waals surface area contributed by atoms with Gasteiger partial charge in [0.15, 0.2) is 0 Å². The van der Waals surface area contributed by atoms with Crippen molar-refractivity contribution in [2.24, 2.45) is 0 Å². The molecule has 3 rings (SSSR count). The molecule has 0 saturated carbocycles. The van der Waals surface area contributed by atoms with Crippen LogP contribution in [0.2, 0.25) is 0 Å². The first-order valence-electron chi connectivity index (χ1n) is 8.66. The van der Waals surface area contributed by atoms with Gasteiger partial charge in [0.05, 0.1) is 10.6 Å². The number of aromatic nitrogens is 1. The summed E-state index contributed by atoms with van der Waals surface area (Å²) in [6, 6.07) is 12.9. The van der Waals surface area contributed by atoms with E-state index in [1.807, 2.05) is 6.07 Å². The van der Waals surface area contributed by atoms with Crippen LogP contribution in [0.15, 0.2) is 71.9 Å². The second-order valence-corrected chi connectivity index (χ2v) is 7.95. The summed E-state index contributed by atoms with van der Waals surface area (Å²) in [4.78, 5) is 15.9. The Bertz CT molecular complexity index is 1100. The van der Waals surface area contributed by atoms with Crippen molar-refractivity contribution in [2.75, 3.05) is 10.0 Å². The Morgan fingerprint density at radius 3 is 2.45 bits per heavy atom. The molecule has 9 heteroatoms. The Morgan fingerprint density at radius 1 is 1.07 bits per heavy atom. The van der Waals surface area contributed by atoms with Crippen LogP contribution < -0.4 is 15.4 Å². The summed E-state index contributed by atoms with van der Waals surface area (Å²) >= 11 is 0. The van der Waals surface area contributed by atoms with E-state index in [1.165, 1.54) is 36.4 Å². The molecule has 0 radical (unpaired) electrons.